The van der Waals surface area contributed by atoms with Gasteiger partial charge in [-0.25, -0.2) is 5.43 Å². The Morgan fingerprint density at radius 2 is 1.95 bits per heavy atom. The van der Waals surface area contributed by atoms with E-state index in [2.05, 4.69) is 10.5 Å². The van der Waals surface area contributed by atoms with Crippen LogP contribution in [0.1, 0.15) is 15.9 Å². The van der Waals surface area contributed by atoms with E-state index in [1.165, 1.54) is 24.4 Å². The van der Waals surface area contributed by atoms with Crippen LogP contribution in [0.4, 0.5) is 0 Å². The average molecular weight is 291 g/mol. The molecule has 0 aliphatic carbocycles. The number of nitrogens with zero attached hydrogens (tertiary/aromatic N) is 1. The lowest BCUT2D eigenvalue weighted by Crippen LogP contribution is -2.17. The normalized spacial score (nSPS) is 10.7. The third-order valence-corrected chi connectivity index (χ3v) is 2.70. The van der Waals surface area contributed by atoms with Gasteiger partial charge in [0, 0.05) is 10.6 Å². The van der Waals surface area contributed by atoms with Crippen molar-refractivity contribution in [1.29, 1.82) is 0 Å². The zero-order valence-electron chi connectivity index (χ0n) is 10.2. The van der Waals surface area contributed by atoms with Gasteiger partial charge in [-0.1, -0.05) is 17.7 Å². The predicted molar refractivity (Wildman–Crippen MR) is 76.3 cm³/mol. The van der Waals surface area contributed by atoms with E-state index < -0.39 is 5.91 Å². The predicted octanol–water partition coefficient (Wildman–Crippen LogP) is 2.52. The standard InChI is InChI=1S/C14H11ClN2O3/c15-11-3-1-2-10(7-11)14(20)17-16-8-9-4-5-12(18)13(19)6-9/h1-8,18-19H,(H,17,20)/b16-8+. The van der Waals surface area contributed by atoms with E-state index in [1.807, 2.05) is 0 Å². The molecule has 0 heterocycles. The lowest BCUT2D eigenvalue weighted by Gasteiger charge is -2.01. The van der Waals surface area contributed by atoms with Crippen LogP contribution in [0.5, 0.6) is 11.5 Å². The Hall–Kier alpha value is -2.53. The van der Waals surface area contributed by atoms with Gasteiger partial charge in [0.05, 0.1) is 6.21 Å². The van der Waals surface area contributed by atoms with E-state index in [4.69, 9.17) is 16.7 Å². The number of aromatic hydroxyl groups is 2. The first-order valence-corrected chi connectivity index (χ1v) is 6.05. The van der Waals surface area contributed by atoms with Crippen molar-refractivity contribution < 1.29 is 15.0 Å². The minimum Gasteiger partial charge on any atom is -0.504 e. The molecule has 5 nitrogen and oxygen atoms in total. The molecule has 20 heavy (non-hydrogen) atoms. The molecule has 3 N–H and O–H groups in total. The number of benzene rings is 2. The van der Waals surface area contributed by atoms with Crippen LogP contribution in [-0.4, -0.2) is 22.3 Å². The Morgan fingerprint density at radius 3 is 2.65 bits per heavy atom. The molecule has 0 aliphatic heterocycles. The van der Waals surface area contributed by atoms with Gasteiger partial charge in [-0.15, -0.1) is 0 Å². The number of hydrazone groups is 1. The first-order valence-electron chi connectivity index (χ1n) is 5.67. The second-order valence-electron chi connectivity index (χ2n) is 3.96. The fourth-order valence-corrected chi connectivity index (χ4v) is 1.67. The van der Waals surface area contributed by atoms with Gasteiger partial charge in [0.15, 0.2) is 11.5 Å². The molecular weight excluding hydrogens is 280 g/mol. The monoisotopic (exact) mass is 290 g/mol. The van der Waals surface area contributed by atoms with E-state index in [1.54, 1.807) is 24.3 Å². The summed E-state index contributed by atoms with van der Waals surface area (Å²) >= 11 is 5.78. The summed E-state index contributed by atoms with van der Waals surface area (Å²) in [5, 5.41) is 22.7. The topological polar surface area (TPSA) is 81.9 Å². The molecule has 0 aliphatic rings. The summed E-state index contributed by atoms with van der Waals surface area (Å²) in [6, 6.07) is 10.7. The van der Waals surface area contributed by atoms with Crippen LogP contribution >= 0.6 is 11.6 Å². The number of carbonyl (C=O) groups excluding carboxylic acids is 1. The highest BCUT2D eigenvalue weighted by Gasteiger charge is 2.04. The molecule has 0 spiro atoms. The van der Waals surface area contributed by atoms with Crippen molar-refractivity contribution >= 4 is 23.7 Å². The summed E-state index contributed by atoms with van der Waals surface area (Å²) in [6.07, 6.45) is 1.35. The highest BCUT2D eigenvalue weighted by atomic mass is 35.5. The molecule has 0 atom stereocenters. The maximum Gasteiger partial charge on any atom is 0.271 e. The Labute approximate surface area is 120 Å². The highest BCUT2D eigenvalue weighted by molar-refractivity contribution is 6.30. The van der Waals surface area contributed by atoms with Crippen LogP contribution in [0, 0.1) is 0 Å². The SMILES string of the molecule is O=C(N/N=C/c1ccc(O)c(O)c1)c1cccc(Cl)c1. The number of halogens is 1. The second kappa shape index (κ2) is 6.08. The molecule has 0 saturated heterocycles. The fourth-order valence-electron chi connectivity index (χ4n) is 1.48. The van der Waals surface area contributed by atoms with Crippen LogP contribution in [-0.2, 0) is 0 Å². The van der Waals surface area contributed by atoms with Gasteiger partial charge in [-0.3, -0.25) is 4.79 Å². The Balaban J connectivity index is 2.02. The molecule has 0 bridgehead atoms. The zero-order chi connectivity index (χ0) is 14.5. The van der Waals surface area contributed by atoms with Crippen molar-refractivity contribution in [2.45, 2.75) is 0 Å². The van der Waals surface area contributed by atoms with Crippen LogP contribution in [0.2, 0.25) is 5.02 Å². The molecule has 2 aromatic rings. The minimum absolute atomic E-state index is 0.217. The number of hydrogen-bond donors (Lipinski definition) is 3. The van der Waals surface area contributed by atoms with Crippen LogP contribution in [0.3, 0.4) is 0 Å². The number of phenols is 2. The van der Waals surface area contributed by atoms with Gasteiger partial charge in [0.25, 0.3) is 5.91 Å². The molecule has 0 unspecified atom stereocenters. The lowest BCUT2D eigenvalue weighted by molar-refractivity contribution is 0.0955. The van der Waals surface area contributed by atoms with Crippen molar-refractivity contribution in [3.05, 3.63) is 58.6 Å². The fraction of sp³-hybridized carbons (Fsp3) is 0. The third-order valence-electron chi connectivity index (χ3n) is 2.47. The van der Waals surface area contributed by atoms with Crippen molar-refractivity contribution in [3.8, 4) is 11.5 Å². The summed E-state index contributed by atoms with van der Waals surface area (Å²) < 4.78 is 0. The third kappa shape index (κ3) is 3.49. The molecule has 1 amide bonds. The van der Waals surface area contributed by atoms with E-state index >= 15 is 0 Å². The zero-order valence-corrected chi connectivity index (χ0v) is 11.0. The largest absolute Gasteiger partial charge is 0.504 e. The number of amides is 1. The number of phenolic OH excluding ortho intramolecular Hbond substituents is 2. The minimum atomic E-state index is -0.397. The quantitative estimate of drug-likeness (QED) is 0.461. The highest BCUT2D eigenvalue weighted by Crippen LogP contribution is 2.23. The smallest absolute Gasteiger partial charge is 0.271 e. The van der Waals surface area contributed by atoms with E-state index in [9.17, 15) is 9.90 Å². The summed E-state index contributed by atoms with van der Waals surface area (Å²) in [5.41, 5.74) is 3.26. The number of hydrogen-bond acceptors (Lipinski definition) is 4. The van der Waals surface area contributed by atoms with Crippen LogP contribution in [0.25, 0.3) is 0 Å². The molecule has 2 aromatic carbocycles. The maximum absolute atomic E-state index is 11.7. The number of rotatable bonds is 3. The summed E-state index contributed by atoms with van der Waals surface area (Å²) in [5.74, 6) is -0.869. The Bertz CT molecular complexity index is 671. The molecule has 6 heteroatoms. The van der Waals surface area contributed by atoms with Crippen molar-refractivity contribution in [1.82, 2.24) is 5.43 Å². The Kier molecular flexibility index (Phi) is 4.22. The van der Waals surface area contributed by atoms with Crippen molar-refractivity contribution in [2.24, 2.45) is 5.10 Å². The van der Waals surface area contributed by atoms with Gasteiger partial charge >= 0.3 is 0 Å². The van der Waals surface area contributed by atoms with Gasteiger partial charge in [-0.2, -0.15) is 5.10 Å². The first-order chi connectivity index (χ1) is 9.56. The van der Waals surface area contributed by atoms with Gasteiger partial charge in [0.1, 0.15) is 0 Å². The van der Waals surface area contributed by atoms with Crippen LogP contribution in [0.15, 0.2) is 47.6 Å². The molecule has 0 aromatic heterocycles. The van der Waals surface area contributed by atoms with Crippen molar-refractivity contribution in [2.75, 3.05) is 0 Å². The number of carbonyl (C=O) groups is 1. The molecule has 0 saturated carbocycles. The summed E-state index contributed by atoms with van der Waals surface area (Å²) in [6.45, 7) is 0. The van der Waals surface area contributed by atoms with Crippen molar-refractivity contribution in [3.63, 3.8) is 0 Å². The molecule has 0 fully saturated rings. The average Bonchev–Trinajstić information content (AvgIpc) is 2.42. The van der Waals surface area contributed by atoms with E-state index in [-0.39, 0.29) is 11.5 Å². The molecule has 102 valence electrons. The van der Waals surface area contributed by atoms with Gasteiger partial charge in [0.2, 0.25) is 0 Å². The number of nitrogens with one attached hydrogen (secondary N) is 1. The first kappa shape index (κ1) is 13.9. The molecule has 2 rings (SSSR count). The van der Waals surface area contributed by atoms with Crippen LogP contribution < -0.4 is 5.43 Å². The molecule has 0 radical (unpaired) electrons. The van der Waals surface area contributed by atoms with Gasteiger partial charge < -0.3 is 10.2 Å². The second-order valence-corrected chi connectivity index (χ2v) is 4.39. The summed E-state index contributed by atoms with van der Waals surface area (Å²) in [4.78, 5) is 11.7. The maximum atomic E-state index is 11.7. The molecular formula is C14H11ClN2O3. The van der Waals surface area contributed by atoms with E-state index in [0.717, 1.165) is 0 Å². The lowest BCUT2D eigenvalue weighted by atomic mass is 10.2. The summed E-state index contributed by atoms with van der Waals surface area (Å²) in [7, 11) is 0. The Morgan fingerprint density at radius 1 is 1.15 bits per heavy atom. The van der Waals surface area contributed by atoms with E-state index in [0.29, 0.717) is 16.1 Å². The van der Waals surface area contributed by atoms with Gasteiger partial charge in [-0.05, 0) is 42.0 Å².